The molecule has 0 amide bonds. The van der Waals surface area contributed by atoms with Crippen LogP contribution >= 0.6 is 11.3 Å². The zero-order valence-electron chi connectivity index (χ0n) is 9.02. The number of hydrogen-bond donors (Lipinski definition) is 1. The molecule has 2 heterocycles. The van der Waals surface area contributed by atoms with E-state index in [0.717, 1.165) is 49.4 Å². The van der Waals surface area contributed by atoms with Crippen LogP contribution in [0, 0.1) is 6.92 Å². The Balaban J connectivity index is 1.88. The van der Waals surface area contributed by atoms with E-state index in [4.69, 9.17) is 5.73 Å². The molecule has 1 aromatic rings. The van der Waals surface area contributed by atoms with Gasteiger partial charge in [-0.15, -0.1) is 10.2 Å². The summed E-state index contributed by atoms with van der Waals surface area (Å²) in [6.07, 6.45) is 0. The molecule has 0 bridgehead atoms. The Kier molecular flexibility index (Phi) is 3.50. The third kappa shape index (κ3) is 2.64. The molecule has 1 fully saturated rings. The number of anilines is 1. The molecule has 1 aliphatic rings. The van der Waals surface area contributed by atoms with Crippen molar-refractivity contribution in [3.8, 4) is 0 Å². The van der Waals surface area contributed by atoms with E-state index in [0.29, 0.717) is 0 Å². The Labute approximate surface area is 93.9 Å². The van der Waals surface area contributed by atoms with Gasteiger partial charge in [0, 0.05) is 39.3 Å². The minimum Gasteiger partial charge on any atom is -0.344 e. The second-order valence-electron chi connectivity index (χ2n) is 3.72. The van der Waals surface area contributed by atoms with Crippen molar-refractivity contribution in [1.29, 1.82) is 0 Å². The summed E-state index contributed by atoms with van der Waals surface area (Å²) in [5, 5.41) is 10.3. The molecule has 6 heteroatoms. The smallest absolute Gasteiger partial charge is 0.208 e. The van der Waals surface area contributed by atoms with E-state index in [1.54, 1.807) is 11.3 Å². The van der Waals surface area contributed by atoms with Gasteiger partial charge >= 0.3 is 0 Å². The summed E-state index contributed by atoms with van der Waals surface area (Å²) in [5.41, 5.74) is 5.53. The summed E-state index contributed by atoms with van der Waals surface area (Å²) in [6.45, 7) is 7.97. The van der Waals surface area contributed by atoms with Crippen LogP contribution in [0.3, 0.4) is 0 Å². The lowest BCUT2D eigenvalue weighted by Gasteiger charge is -2.33. The number of nitrogens with zero attached hydrogens (tertiary/aromatic N) is 4. The fourth-order valence-corrected chi connectivity index (χ4v) is 2.50. The molecule has 1 aromatic heterocycles. The number of aryl methyl sites for hydroxylation is 1. The highest BCUT2D eigenvalue weighted by Gasteiger charge is 2.18. The van der Waals surface area contributed by atoms with Crippen LogP contribution in [0.15, 0.2) is 0 Å². The van der Waals surface area contributed by atoms with Crippen molar-refractivity contribution < 1.29 is 0 Å². The molecule has 2 N–H and O–H groups in total. The van der Waals surface area contributed by atoms with Gasteiger partial charge in [-0.1, -0.05) is 11.3 Å². The highest BCUT2D eigenvalue weighted by atomic mass is 32.1. The molecule has 1 aliphatic heterocycles. The molecule has 0 radical (unpaired) electrons. The van der Waals surface area contributed by atoms with Crippen molar-refractivity contribution in [2.24, 2.45) is 5.73 Å². The molecule has 0 spiro atoms. The third-order valence-corrected chi connectivity index (χ3v) is 3.50. The van der Waals surface area contributed by atoms with Gasteiger partial charge in [0.05, 0.1) is 0 Å². The van der Waals surface area contributed by atoms with E-state index in [9.17, 15) is 0 Å². The van der Waals surface area contributed by atoms with Gasteiger partial charge in [0.1, 0.15) is 5.01 Å². The van der Waals surface area contributed by atoms with Gasteiger partial charge in [-0.25, -0.2) is 0 Å². The Bertz CT molecular complexity index is 305. The maximum Gasteiger partial charge on any atom is 0.208 e. The number of hydrogen-bond acceptors (Lipinski definition) is 6. The van der Waals surface area contributed by atoms with Gasteiger partial charge in [0.15, 0.2) is 0 Å². The summed E-state index contributed by atoms with van der Waals surface area (Å²) in [4.78, 5) is 4.70. The first-order valence-corrected chi connectivity index (χ1v) is 6.08. The Morgan fingerprint density at radius 3 is 2.53 bits per heavy atom. The number of rotatable bonds is 3. The molecule has 0 atom stereocenters. The molecule has 2 rings (SSSR count). The average Bonchev–Trinajstić information content (AvgIpc) is 2.67. The van der Waals surface area contributed by atoms with E-state index in [2.05, 4.69) is 20.0 Å². The molecule has 0 saturated carbocycles. The average molecular weight is 227 g/mol. The summed E-state index contributed by atoms with van der Waals surface area (Å²) >= 11 is 1.67. The summed E-state index contributed by atoms with van der Waals surface area (Å²) in [5.74, 6) is 0. The molecule has 0 aromatic carbocycles. The molecule has 0 aliphatic carbocycles. The second kappa shape index (κ2) is 4.87. The highest BCUT2D eigenvalue weighted by Crippen LogP contribution is 2.20. The summed E-state index contributed by atoms with van der Waals surface area (Å²) < 4.78 is 0. The Morgan fingerprint density at radius 2 is 2.00 bits per heavy atom. The van der Waals surface area contributed by atoms with E-state index >= 15 is 0 Å². The summed E-state index contributed by atoms with van der Waals surface area (Å²) in [7, 11) is 0. The van der Waals surface area contributed by atoms with Crippen LogP contribution in [0.1, 0.15) is 5.01 Å². The van der Waals surface area contributed by atoms with Crippen molar-refractivity contribution in [3.63, 3.8) is 0 Å². The predicted molar refractivity (Wildman–Crippen MR) is 62.4 cm³/mol. The second-order valence-corrected chi connectivity index (χ2v) is 4.88. The zero-order chi connectivity index (χ0) is 10.7. The predicted octanol–water partition coefficient (Wildman–Crippen LogP) is -0.0728. The molecular formula is C9H17N5S. The molecule has 5 nitrogen and oxygen atoms in total. The van der Waals surface area contributed by atoms with Crippen LogP contribution in [-0.4, -0.2) is 54.4 Å². The van der Waals surface area contributed by atoms with Crippen molar-refractivity contribution in [1.82, 2.24) is 15.1 Å². The van der Waals surface area contributed by atoms with E-state index < -0.39 is 0 Å². The van der Waals surface area contributed by atoms with Gasteiger partial charge in [-0.3, -0.25) is 4.90 Å². The van der Waals surface area contributed by atoms with Crippen LogP contribution in [0.4, 0.5) is 5.13 Å². The highest BCUT2D eigenvalue weighted by molar-refractivity contribution is 7.15. The van der Waals surface area contributed by atoms with Crippen molar-refractivity contribution in [3.05, 3.63) is 5.01 Å². The normalized spacial score (nSPS) is 18.4. The molecule has 84 valence electrons. The minimum absolute atomic E-state index is 0.748. The monoisotopic (exact) mass is 227 g/mol. The van der Waals surface area contributed by atoms with Crippen molar-refractivity contribution in [2.45, 2.75) is 6.92 Å². The third-order valence-electron chi connectivity index (χ3n) is 2.60. The van der Waals surface area contributed by atoms with Gasteiger partial charge in [-0.05, 0) is 6.92 Å². The van der Waals surface area contributed by atoms with E-state index in [1.165, 1.54) is 0 Å². The Morgan fingerprint density at radius 1 is 1.27 bits per heavy atom. The van der Waals surface area contributed by atoms with Gasteiger partial charge in [-0.2, -0.15) is 0 Å². The first-order valence-electron chi connectivity index (χ1n) is 5.27. The van der Waals surface area contributed by atoms with Crippen LogP contribution in [0.5, 0.6) is 0 Å². The maximum absolute atomic E-state index is 5.53. The first kappa shape index (κ1) is 10.8. The van der Waals surface area contributed by atoms with Crippen LogP contribution < -0.4 is 10.6 Å². The van der Waals surface area contributed by atoms with Crippen LogP contribution in [0.25, 0.3) is 0 Å². The maximum atomic E-state index is 5.53. The van der Waals surface area contributed by atoms with Gasteiger partial charge in [0.25, 0.3) is 0 Å². The molecule has 15 heavy (non-hydrogen) atoms. The summed E-state index contributed by atoms with van der Waals surface area (Å²) in [6, 6.07) is 0. The minimum atomic E-state index is 0.748. The quantitative estimate of drug-likeness (QED) is 0.783. The number of piperazine rings is 1. The Hall–Kier alpha value is -0.720. The van der Waals surface area contributed by atoms with Gasteiger partial charge < -0.3 is 10.6 Å². The number of aromatic nitrogens is 2. The first-order chi connectivity index (χ1) is 7.29. The molecule has 0 unspecified atom stereocenters. The van der Waals surface area contributed by atoms with E-state index in [1.807, 2.05) is 6.92 Å². The fraction of sp³-hybridized carbons (Fsp3) is 0.778. The van der Waals surface area contributed by atoms with Crippen LogP contribution in [-0.2, 0) is 0 Å². The lowest BCUT2D eigenvalue weighted by atomic mass is 10.3. The van der Waals surface area contributed by atoms with Gasteiger partial charge in [0.2, 0.25) is 5.13 Å². The zero-order valence-corrected chi connectivity index (χ0v) is 9.83. The topological polar surface area (TPSA) is 58.3 Å². The lowest BCUT2D eigenvalue weighted by molar-refractivity contribution is 0.264. The molecular weight excluding hydrogens is 210 g/mol. The molecule has 1 saturated heterocycles. The van der Waals surface area contributed by atoms with Crippen LogP contribution in [0.2, 0.25) is 0 Å². The van der Waals surface area contributed by atoms with E-state index in [-0.39, 0.29) is 0 Å². The standard InChI is InChI=1S/C9H17N5S/c1-8-11-12-9(15-8)14-6-4-13(3-2-10)5-7-14/h2-7,10H2,1H3. The van der Waals surface area contributed by atoms with Crippen molar-refractivity contribution >= 4 is 16.5 Å². The SMILES string of the molecule is Cc1nnc(N2CCN(CCN)CC2)s1. The van der Waals surface area contributed by atoms with Crippen molar-refractivity contribution in [2.75, 3.05) is 44.2 Å². The lowest BCUT2D eigenvalue weighted by Crippen LogP contribution is -2.47. The number of nitrogens with two attached hydrogens (primary N) is 1. The fourth-order valence-electron chi connectivity index (χ4n) is 1.76. The largest absolute Gasteiger partial charge is 0.344 e.